The van der Waals surface area contributed by atoms with Crippen molar-refractivity contribution in [3.63, 3.8) is 0 Å². The maximum absolute atomic E-state index is 12.2. The number of aliphatic hydroxyl groups excluding tert-OH is 1. The molecule has 0 aromatic heterocycles. The molecule has 3 amide bonds. The Kier molecular flexibility index (Phi) is 4.85. The summed E-state index contributed by atoms with van der Waals surface area (Å²) in [5.74, 6) is -2.38. The lowest BCUT2D eigenvalue weighted by atomic mass is 10.1. The Labute approximate surface area is 132 Å². The van der Waals surface area contributed by atoms with E-state index in [0.717, 1.165) is 10.5 Å². The summed E-state index contributed by atoms with van der Waals surface area (Å²) in [4.78, 5) is 37.1. The van der Waals surface area contributed by atoms with Gasteiger partial charge in [-0.15, -0.1) is 0 Å². The van der Waals surface area contributed by atoms with Crippen molar-refractivity contribution in [2.75, 3.05) is 20.1 Å². The van der Waals surface area contributed by atoms with E-state index >= 15 is 0 Å². The van der Waals surface area contributed by atoms with Crippen molar-refractivity contribution in [2.45, 2.75) is 6.54 Å². The first kappa shape index (κ1) is 16.3. The minimum absolute atomic E-state index is 0.0516. The molecule has 0 saturated carbocycles. The Balaban J connectivity index is 2.17. The fourth-order valence-electron chi connectivity index (χ4n) is 2.20. The minimum Gasteiger partial charge on any atom is -0.494 e. The Hall–Kier alpha value is -3.03. The molecule has 0 bridgehead atoms. The van der Waals surface area contributed by atoms with E-state index in [2.05, 4.69) is 5.32 Å². The molecule has 1 heterocycles. The molecule has 122 valence electrons. The van der Waals surface area contributed by atoms with Crippen LogP contribution in [-0.4, -0.2) is 58.1 Å². The number of rotatable bonds is 5. The van der Waals surface area contributed by atoms with Gasteiger partial charge in [0.25, 0.3) is 5.91 Å². The Morgan fingerprint density at radius 3 is 2.52 bits per heavy atom. The van der Waals surface area contributed by atoms with Crippen LogP contribution in [0.3, 0.4) is 0 Å². The topological polar surface area (TPSA) is 110 Å². The number of carbonyl (C=O) groups excluding carboxylic acids is 2. The van der Waals surface area contributed by atoms with Crippen LogP contribution in [0, 0.1) is 0 Å². The maximum Gasteiger partial charge on any atom is 0.327 e. The zero-order valence-electron chi connectivity index (χ0n) is 12.5. The quantitative estimate of drug-likeness (QED) is 0.733. The van der Waals surface area contributed by atoms with Gasteiger partial charge in [-0.25, -0.2) is 4.79 Å². The molecule has 3 N–H and O–H groups in total. The molecular weight excluding hydrogens is 302 g/mol. The molecule has 2 rings (SSSR count). The monoisotopic (exact) mass is 319 g/mol. The fourth-order valence-corrected chi connectivity index (χ4v) is 2.20. The average molecular weight is 319 g/mol. The molecule has 8 nitrogen and oxygen atoms in total. The van der Waals surface area contributed by atoms with Gasteiger partial charge in [0, 0.05) is 13.6 Å². The smallest absolute Gasteiger partial charge is 0.327 e. The molecule has 0 saturated heterocycles. The van der Waals surface area contributed by atoms with Gasteiger partial charge in [-0.05, 0) is 5.56 Å². The number of carbonyl (C=O) groups is 3. The summed E-state index contributed by atoms with van der Waals surface area (Å²) in [6.45, 7) is -0.395. The third kappa shape index (κ3) is 3.79. The van der Waals surface area contributed by atoms with Crippen LogP contribution in [0.2, 0.25) is 0 Å². The van der Waals surface area contributed by atoms with Crippen molar-refractivity contribution in [3.05, 3.63) is 47.4 Å². The van der Waals surface area contributed by atoms with Crippen LogP contribution in [0.1, 0.15) is 5.56 Å². The SMILES string of the molecule is CN1C(=O)N(Cc2ccccc2)CC(C(=O)NCC(=O)O)=C1O. The van der Waals surface area contributed by atoms with E-state index in [1.807, 2.05) is 30.3 Å². The summed E-state index contributed by atoms with van der Waals surface area (Å²) >= 11 is 0. The van der Waals surface area contributed by atoms with Gasteiger partial charge in [0.2, 0.25) is 5.88 Å². The summed E-state index contributed by atoms with van der Waals surface area (Å²) in [5.41, 5.74) is 0.824. The molecule has 8 heteroatoms. The molecule has 0 spiro atoms. The number of carboxylic acid groups (broad SMARTS) is 1. The number of aliphatic carboxylic acids is 1. The van der Waals surface area contributed by atoms with E-state index in [-0.39, 0.29) is 18.7 Å². The standard InChI is InChI=1S/C15H17N3O5/c1-17-14(22)11(13(21)16-7-12(19)20)9-18(15(17)23)8-10-5-3-2-4-6-10/h2-6,22H,7-9H2,1H3,(H,16,21)(H,19,20). The molecule has 23 heavy (non-hydrogen) atoms. The molecule has 1 aliphatic rings. The van der Waals surface area contributed by atoms with Crippen molar-refractivity contribution >= 4 is 17.9 Å². The van der Waals surface area contributed by atoms with Crippen LogP contribution < -0.4 is 5.32 Å². The number of nitrogens with one attached hydrogen (secondary N) is 1. The summed E-state index contributed by atoms with van der Waals surface area (Å²) < 4.78 is 0. The Bertz CT molecular complexity index is 656. The summed E-state index contributed by atoms with van der Waals surface area (Å²) in [7, 11) is 1.35. The highest BCUT2D eigenvalue weighted by Gasteiger charge is 2.33. The molecule has 1 aromatic rings. The first-order valence-corrected chi connectivity index (χ1v) is 6.88. The van der Waals surface area contributed by atoms with Crippen LogP contribution in [0.4, 0.5) is 4.79 Å². The van der Waals surface area contributed by atoms with Gasteiger partial charge >= 0.3 is 12.0 Å². The number of benzene rings is 1. The maximum atomic E-state index is 12.2. The van der Waals surface area contributed by atoms with E-state index in [9.17, 15) is 19.5 Å². The third-order valence-corrected chi connectivity index (χ3v) is 3.38. The second-order valence-electron chi connectivity index (χ2n) is 5.06. The predicted molar refractivity (Wildman–Crippen MR) is 80.3 cm³/mol. The summed E-state index contributed by atoms with van der Waals surface area (Å²) in [6.07, 6.45) is 0. The van der Waals surface area contributed by atoms with Crippen LogP contribution in [0.15, 0.2) is 41.8 Å². The number of aliphatic hydroxyl groups is 1. The fraction of sp³-hybridized carbons (Fsp3) is 0.267. The number of hydrogen-bond acceptors (Lipinski definition) is 4. The van der Waals surface area contributed by atoms with Crippen molar-refractivity contribution in [1.29, 1.82) is 0 Å². The van der Waals surface area contributed by atoms with Gasteiger partial charge in [0.15, 0.2) is 0 Å². The molecular formula is C15H17N3O5. The highest BCUT2D eigenvalue weighted by molar-refractivity contribution is 5.98. The summed E-state index contributed by atoms with van der Waals surface area (Å²) in [6, 6.07) is 8.76. The normalized spacial score (nSPS) is 14.9. The average Bonchev–Trinajstić information content (AvgIpc) is 2.54. The van der Waals surface area contributed by atoms with Crippen molar-refractivity contribution in [1.82, 2.24) is 15.1 Å². The molecule has 0 unspecified atom stereocenters. The Morgan fingerprint density at radius 1 is 1.26 bits per heavy atom. The van der Waals surface area contributed by atoms with Gasteiger partial charge < -0.3 is 20.4 Å². The molecule has 0 aliphatic carbocycles. The van der Waals surface area contributed by atoms with E-state index in [4.69, 9.17) is 5.11 Å². The zero-order chi connectivity index (χ0) is 17.0. The molecule has 0 fully saturated rings. The van der Waals surface area contributed by atoms with Crippen molar-refractivity contribution < 1.29 is 24.6 Å². The van der Waals surface area contributed by atoms with E-state index in [1.54, 1.807) is 0 Å². The summed E-state index contributed by atoms with van der Waals surface area (Å²) in [5, 5.41) is 20.8. The van der Waals surface area contributed by atoms with E-state index in [1.165, 1.54) is 11.9 Å². The minimum atomic E-state index is -1.19. The van der Waals surface area contributed by atoms with Crippen molar-refractivity contribution in [3.8, 4) is 0 Å². The van der Waals surface area contributed by atoms with Crippen LogP contribution in [0.25, 0.3) is 0 Å². The van der Waals surface area contributed by atoms with Crippen LogP contribution in [0.5, 0.6) is 0 Å². The third-order valence-electron chi connectivity index (χ3n) is 3.38. The van der Waals surface area contributed by atoms with E-state index < -0.39 is 30.3 Å². The lowest BCUT2D eigenvalue weighted by Crippen LogP contribution is -2.49. The number of urea groups is 1. The van der Waals surface area contributed by atoms with Gasteiger partial charge in [0.1, 0.15) is 6.54 Å². The number of amides is 3. The number of nitrogens with zero attached hydrogens (tertiary/aromatic N) is 2. The number of hydrogen-bond donors (Lipinski definition) is 3. The highest BCUT2D eigenvalue weighted by Crippen LogP contribution is 2.19. The lowest BCUT2D eigenvalue weighted by molar-refractivity contribution is -0.137. The first-order chi connectivity index (χ1) is 10.9. The van der Waals surface area contributed by atoms with E-state index in [0.29, 0.717) is 0 Å². The van der Waals surface area contributed by atoms with Crippen LogP contribution >= 0.6 is 0 Å². The molecule has 1 aromatic carbocycles. The van der Waals surface area contributed by atoms with Gasteiger partial charge in [-0.3, -0.25) is 14.5 Å². The van der Waals surface area contributed by atoms with Crippen molar-refractivity contribution in [2.24, 2.45) is 0 Å². The first-order valence-electron chi connectivity index (χ1n) is 6.88. The second-order valence-corrected chi connectivity index (χ2v) is 5.06. The van der Waals surface area contributed by atoms with Crippen LogP contribution in [-0.2, 0) is 16.1 Å². The van der Waals surface area contributed by atoms with Gasteiger partial charge in [0.05, 0.1) is 12.1 Å². The second kappa shape index (κ2) is 6.82. The predicted octanol–water partition coefficient (Wildman–Crippen LogP) is 0.524. The molecule has 1 aliphatic heterocycles. The molecule has 0 radical (unpaired) electrons. The largest absolute Gasteiger partial charge is 0.494 e. The zero-order valence-corrected chi connectivity index (χ0v) is 12.5. The van der Waals surface area contributed by atoms with Gasteiger partial charge in [-0.1, -0.05) is 30.3 Å². The number of carboxylic acids is 1. The Morgan fingerprint density at radius 2 is 1.91 bits per heavy atom. The van der Waals surface area contributed by atoms with Gasteiger partial charge in [-0.2, -0.15) is 0 Å². The highest BCUT2D eigenvalue weighted by atomic mass is 16.4. The molecule has 0 atom stereocenters. The lowest BCUT2D eigenvalue weighted by Gasteiger charge is -2.33.